The van der Waals surface area contributed by atoms with E-state index in [0.29, 0.717) is 19.5 Å². The summed E-state index contributed by atoms with van der Waals surface area (Å²) in [6, 6.07) is 1.10. The number of thiophene rings is 1. The number of carbonyl (C=O) groups excluding carboxylic acids is 1. The summed E-state index contributed by atoms with van der Waals surface area (Å²) in [6.07, 6.45) is 1.29. The van der Waals surface area contributed by atoms with Crippen LogP contribution in [0.5, 0.6) is 0 Å². The van der Waals surface area contributed by atoms with Crippen molar-refractivity contribution in [3.63, 3.8) is 0 Å². The number of carboxylic acids is 1. The Bertz CT molecular complexity index is 479. The fourth-order valence-corrected chi connectivity index (χ4v) is 3.26. The molecule has 0 saturated carbocycles. The minimum Gasteiger partial charge on any atom is -0.480 e. The Kier molecular flexibility index (Phi) is 4.09. The van der Waals surface area contributed by atoms with Gasteiger partial charge in [-0.05, 0) is 38.3 Å². The number of carboxylic acid groups (broad SMARTS) is 1. The summed E-state index contributed by atoms with van der Waals surface area (Å²) < 4.78 is 0. The molecular formula is C13H18N2O3S. The molecule has 2 rings (SSSR count). The van der Waals surface area contributed by atoms with Crippen molar-refractivity contribution in [2.45, 2.75) is 39.3 Å². The zero-order chi connectivity index (χ0) is 14.0. The van der Waals surface area contributed by atoms with Crippen molar-refractivity contribution in [1.82, 2.24) is 10.2 Å². The lowest BCUT2D eigenvalue weighted by atomic mass is 10.2. The van der Waals surface area contributed by atoms with E-state index in [4.69, 9.17) is 5.11 Å². The Morgan fingerprint density at radius 2 is 2.26 bits per heavy atom. The van der Waals surface area contributed by atoms with Crippen LogP contribution in [0.3, 0.4) is 0 Å². The molecule has 0 unspecified atom stereocenters. The van der Waals surface area contributed by atoms with Crippen LogP contribution < -0.4 is 5.32 Å². The fraction of sp³-hybridized carbons (Fsp3) is 0.538. The predicted molar refractivity (Wildman–Crippen MR) is 73.4 cm³/mol. The summed E-state index contributed by atoms with van der Waals surface area (Å²) in [4.78, 5) is 26.7. The Morgan fingerprint density at radius 1 is 1.53 bits per heavy atom. The standard InChI is InChI=1S/C13H18N2O3S/c1-8-6-10(19-9(8)2)7-14-13(18)15-5-3-4-11(15)12(16)17/h6,11H,3-5,7H2,1-2H3,(H,14,18)(H,16,17)/t11-/m1/s1. The van der Waals surface area contributed by atoms with E-state index < -0.39 is 12.0 Å². The summed E-state index contributed by atoms with van der Waals surface area (Å²) in [5.74, 6) is -0.921. The summed E-state index contributed by atoms with van der Waals surface area (Å²) in [5.41, 5.74) is 1.22. The minimum absolute atomic E-state index is 0.284. The molecule has 1 saturated heterocycles. The van der Waals surface area contributed by atoms with E-state index in [2.05, 4.69) is 11.4 Å². The van der Waals surface area contributed by atoms with Gasteiger partial charge in [-0.3, -0.25) is 0 Å². The molecule has 104 valence electrons. The zero-order valence-electron chi connectivity index (χ0n) is 11.1. The highest BCUT2D eigenvalue weighted by molar-refractivity contribution is 7.12. The monoisotopic (exact) mass is 282 g/mol. The molecule has 1 atom stereocenters. The largest absolute Gasteiger partial charge is 0.480 e. The van der Waals surface area contributed by atoms with Gasteiger partial charge in [-0.15, -0.1) is 11.3 Å². The van der Waals surface area contributed by atoms with E-state index in [0.717, 1.165) is 11.3 Å². The minimum atomic E-state index is -0.921. The number of amides is 2. The molecule has 2 heterocycles. The van der Waals surface area contributed by atoms with Crippen LogP contribution in [0.25, 0.3) is 0 Å². The molecule has 1 aromatic heterocycles. The van der Waals surface area contributed by atoms with Crippen molar-refractivity contribution in [1.29, 1.82) is 0 Å². The van der Waals surface area contributed by atoms with Crippen molar-refractivity contribution in [2.24, 2.45) is 0 Å². The molecule has 0 aliphatic carbocycles. The first-order chi connectivity index (χ1) is 8.99. The summed E-state index contributed by atoms with van der Waals surface area (Å²) in [6.45, 7) is 5.07. The first-order valence-corrected chi connectivity index (χ1v) is 7.14. The summed E-state index contributed by atoms with van der Waals surface area (Å²) in [5, 5.41) is 11.8. The third-order valence-corrected chi connectivity index (χ3v) is 4.58. The second-order valence-electron chi connectivity index (χ2n) is 4.80. The van der Waals surface area contributed by atoms with Crippen LogP contribution >= 0.6 is 11.3 Å². The molecule has 1 aliphatic heterocycles. The van der Waals surface area contributed by atoms with Gasteiger partial charge in [0.25, 0.3) is 0 Å². The van der Waals surface area contributed by atoms with Gasteiger partial charge in [0.1, 0.15) is 6.04 Å². The van der Waals surface area contributed by atoms with Crippen LogP contribution in [-0.4, -0.2) is 34.6 Å². The molecule has 0 spiro atoms. The first kappa shape index (κ1) is 13.9. The molecule has 5 nitrogen and oxygen atoms in total. The lowest BCUT2D eigenvalue weighted by Gasteiger charge is -2.21. The van der Waals surface area contributed by atoms with E-state index in [1.165, 1.54) is 15.3 Å². The first-order valence-electron chi connectivity index (χ1n) is 6.32. The lowest BCUT2D eigenvalue weighted by Crippen LogP contribution is -2.45. The molecule has 2 N–H and O–H groups in total. The van der Waals surface area contributed by atoms with Crippen LogP contribution in [0.2, 0.25) is 0 Å². The smallest absolute Gasteiger partial charge is 0.326 e. The van der Waals surface area contributed by atoms with Gasteiger partial charge in [-0.2, -0.15) is 0 Å². The average Bonchev–Trinajstić information content (AvgIpc) is 2.94. The number of hydrogen-bond donors (Lipinski definition) is 2. The quantitative estimate of drug-likeness (QED) is 0.892. The van der Waals surface area contributed by atoms with Crippen molar-refractivity contribution in [3.05, 3.63) is 21.4 Å². The van der Waals surface area contributed by atoms with Crippen LogP contribution in [0.4, 0.5) is 4.79 Å². The van der Waals surface area contributed by atoms with Gasteiger partial charge >= 0.3 is 12.0 Å². The maximum atomic E-state index is 12.0. The Hall–Kier alpha value is -1.56. The number of nitrogens with one attached hydrogen (secondary N) is 1. The predicted octanol–water partition coefficient (Wildman–Crippen LogP) is 2.12. The van der Waals surface area contributed by atoms with Crippen molar-refractivity contribution < 1.29 is 14.7 Å². The third kappa shape index (κ3) is 3.07. The number of rotatable bonds is 3. The normalized spacial score (nSPS) is 18.6. The van der Waals surface area contributed by atoms with Gasteiger partial charge in [-0.25, -0.2) is 9.59 Å². The van der Waals surface area contributed by atoms with Crippen LogP contribution in [-0.2, 0) is 11.3 Å². The van der Waals surface area contributed by atoms with E-state index >= 15 is 0 Å². The van der Waals surface area contributed by atoms with Crippen LogP contribution in [0, 0.1) is 13.8 Å². The number of hydrogen-bond acceptors (Lipinski definition) is 3. The van der Waals surface area contributed by atoms with Crippen molar-refractivity contribution in [3.8, 4) is 0 Å². The molecule has 0 bridgehead atoms. The molecule has 1 fully saturated rings. The SMILES string of the molecule is Cc1cc(CNC(=O)N2CCC[C@@H]2C(=O)O)sc1C. The van der Waals surface area contributed by atoms with Crippen LogP contribution in [0.1, 0.15) is 28.2 Å². The molecule has 1 aromatic rings. The van der Waals surface area contributed by atoms with E-state index in [-0.39, 0.29) is 6.03 Å². The fourth-order valence-electron chi connectivity index (χ4n) is 2.27. The maximum Gasteiger partial charge on any atom is 0.326 e. The molecule has 0 aromatic carbocycles. The van der Waals surface area contributed by atoms with E-state index in [9.17, 15) is 9.59 Å². The highest BCUT2D eigenvalue weighted by Gasteiger charge is 2.33. The Balaban J connectivity index is 1.92. The zero-order valence-corrected chi connectivity index (χ0v) is 11.9. The number of urea groups is 1. The average molecular weight is 282 g/mol. The number of aliphatic carboxylic acids is 1. The third-order valence-electron chi connectivity index (χ3n) is 3.43. The molecule has 0 radical (unpaired) electrons. The summed E-state index contributed by atoms with van der Waals surface area (Å²) >= 11 is 1.66. The maximum absolute atomic E-state index is 12.0. The van der Waals surface area contributed by atoms with Gasteiger partial charge < -0.3 is 15.3 Å². The second kappa shape index (κ2) is 5.61. The van der Waals surface area contributed by atoms with Gasteiger partial charge in [0.15, 0.2) is 0 Å². The van der Waals surface area contributed by atoms with Gasteiger partial charge in [0, 0.05) is 16.3 Å². The lowest BCUT2D eigenvalue weighted by molar-refractivity contribution is -0.141. The van der Waals surface area contributed by atoms with Gasteiger partial charge in [-0.1, -0.05) is 0 Å². The van der Waals surface area contributed by atoms with Crippen LogP contribution in [0.15, 0.2) is 6.07 Å². The highest BCUT2D eigenvalue weighted by atomic mass is 32.1. The second-order valence-corrected chi connectivity index (χ2v) is 6.14. The number of aryl methyl sites for hydroxylation is 2. The molecule has 1 aliphatic rings. The van der Waals surface area contributed by atoms with E-state index in [1.807, 2.05) is 13.8 Å². The molecule has 2 amide bonds. The molecule has 6 heteroatoms. The van der Waals surface area contributed by atoms with Crippen molar-refractivity contribution >= 4 is 23.3 Å². The van der Waals surface area contributed by atoms with Gasteiger partial charge in [0.05, 0.1) is 6.54 Å². The number of nitrogens with zero attached hydrogens (tertiary/aromatic N) is 1. The number of carbonyl (C=O) groups is 2. The topological polar surface area (TPSA) is 69.6 Å². The van der Waals surface area contributed by atoms with E-state index in [1.54, 1.807) is 11.3 Å². The number of likely N-dealkylation sites (tertiary alicyclic amines) is 1. The molecule has 19 heavy (non-hydrogen) atoms. The highest BCUT2D eigenvalue weighted by Crippen LogP contribution is 2.21. The Morgan fingerprint density at radius 3 is 2.84 bits per heavy atom. The van der Waals surface area contributed by atoms with Crippen molar-refractivity contribution in [2.75, 3.05) is 6.54 Å². The summed E-state index contributed by atoms with van der Waals surface area (Å²) in [7, 11) is 0. The van der Waals surface area contributed by atoms with Gasteiger partial charge in [0.2, 0.25) is 0 Å². The molecular weight excluding hydrogens is 264 g/mol. The Labute approximate surface area is 116 Å².